The molecule has 166 valence electrons. The molecule has 0 radical (unpaired) electrons. The number of nitriles is 1. The zero-order valence-corrected chi connectivity index (χ0v) is 18.7. The maximum absolute atomic E-state index is 12.6. The first-order chi connectivity index (χ1) is 15.4. The van der Waals surface area contributed by atoms with Crippen LogP contribution in [0.25, 0.3) is 0 Å². The van der Waals surface area contributed by atoms with Crippen molar-refractivity contribution in [3.8, 4) is 17.7 Å². The Morgan fingerprint density at radius 3 is 2.72 bits per heavy atom. The number of allylic oxidation sites excluding steroid dienone is 1. The van der Waals surface area contributed by atoms with E-state index in [4.69, 9.17) is 15.2 Å². The zero-order valence-electron chi connectivity index (χ0n) is 18.7. The summed E-state index contributed by atoms with van der Waals surface area (Å²) in [4.78, 5) is 17.2. The highest BCUT2D eigenvalue weighted by molar-refractivity contribution is 5.98. The van der Waals surface area contributed by atoms with E-state index in [0.29, 0.717) is 41.0 Å². The Labute approximate surface area is 188 Å². The molecule has 0 unspecified atom stereocenters. The number of aryl methyl sites for hydroxylation is 1. The van der Waals surface area contributed by atoms with Crippen molar-refractivity contribution in [3.05, 3.63) is 57.9 Å². The van der Waals surface area contributed by atoms with Gasteiger partial charge in [0.05, 0.1) is 42.5 Å². The van der Waals surface area contributed by atoms with Gasteiger partial charge in [-0.3, -0.25) is 4.79 Å². The van der Waals surface area contributed by atoms with E-state index in [2.05, 4.69) is 16.4 Å². The van der Waals surface area contributed by atoms with E-state index in [9.17, 15) is 10.1 Å². The summed E-state index contributed by atoms with van der Waals surface area (Å²) < 4.78 is 11.9. The molecule has 2 aliphatic rings. The van der Waals surface area contributed by atoms with Crippen molar-refractivity contribution in [2.24, 2.45) is 11.7 Å². The normalized spacial score (nSPS) is 18.0. The summed E-state index contributed by atoms with van der Waals surface area (Å²) in [5, 5.41) is 12.7. The lowest BCUT2D eigenvalue weighted by Gasteiger charge is -2.32. The van der Waals surface area contributed by atoms with Crippen LogP contribution in [0.1, 0.15) is 60.8 Å². The zero-order chi connectivity index (χ0) is 22.8. The quantitative estimate of drug-likeness (QED) is 0.709. The summed E-state index contributed by atoms with van der Waals surface area (Å²) in [7, 11) is 1.55. The van der Waals surface area contributed by atoms with Crippen LogP contribution in [0, 0.1) is 24.2 Å². The number of benzene rings is 1. The molecule has 0 saturated heterocycles. The molecule has 3 N–H and O–H groups in total. The summed E-state index contributed by atoms with van der Waals surface area (Å²) in [5.41, 5.74) is 10.7. The van der Waals surface area contributed by atoms with Crippen LogP contribution in [0.15, 0.2) is 35.7 Å². The molecule has 1 saturated carbocycles. The highest BCUT2D eigenvalue weighted by Gasteiger charge is 2.37. The number of carbonyl (C=O) groups is 1. The number of nitrogens with zero attached hydrogens (tertiary/aromatic N) is 2. The minimum Gasteiger partial charge on any atom is -0.496 e. The average Bonchev–Trinajstić information content (AvgIpc) is 3.31. The molecular weight excluding hydrogens is 404 g/mol. The van der Waals surface area contributed by atoms with E-state index in [1.807, 2.05) is 19.9 Å². The van der Waals surface area contributed by atoms with Crippen LogP contribution >= 0.6 is 0 Å². The second kappa shape index (κ2) is 8.91. The minimum atomic E-state index is -0.530. The predicted octanol–water partition coefficient (Wildman–Crippen LogP) is 4.16. The van der Waals surface area contributed by atoms with Gasteiger partial charge in [0.1, 0.15) is 5.75 Å². The van der Waals surface area contributed by atoms with Gasteiger partial charge in [-0.2, -0.15) is 5.26 Å². The van der Waals surface area contributed by atoms with Gasteiger partial charge < -0.3 is 20.5 Å². The smallest absolute Gasteiger partial charge is 0.247 e. The van der Waals surface area contributed by atoms with Crippen molar-refractivity contribution in [2.45, 2.75) is 45.4 Å². The Kier molecular flexibility index (Phi) is 6.04. The fraction of sp³-hybridized carbons (Fsp3) is 0.400. The fourth-order valence-corrected chi connectivity index (χ4v) is 4.80. The van der Waals surface area contributed by atoms with Crippen molar-refractivity contribution < 1.29 is 14.3 Å². The molecule has 7 nitrogen and oxygen atoms in total. The van der Waals surface area contributed by atoms with Crippen molar-refractivity contribution in [1.82, 2.24) is 4.98 Å². The van der Waals surface area contributed by atoms with E-state index in [0.717, 1.165) is 35.2 Å². The van der Waals surface area contributed by atoms with E-state index < -0.39 is 11.8 Å². The predicted molar refractivity (Wildman–Crippen MR) is 121 cm³/mol. The van der Waals surface area contributed by atoms with Gasteiger partial charge in [-0.25, -0.2) is 4.98 Å². The molecule has 1 aliphatic carbocycles. The van der Waals surface area contributed by atoms with Gasteiger partial charge in [-0.05, 0) is 50.3 Å². The summed E-state index contributed by atoms with van der Waals surface area (Å²) in [5.74, 6) is 0.461. The number of amides is 1. The molecular formula is C25H28N4O3. The molecule has 32 heavy (non-hydrogen) atoms. The molecule has 0 bridgehead atoms. The lowest BCUT2D eigenvalue weighted by Crippen LogP contribution is -2.29. The number of pyridine rings is 1. The van der Waals surface area contributed by atoms with Crippen molar-refractivity contribution in [2.75, 3.05) is 19.0 Å². The number of methoxy groups -OCH3 is 1. The van der Waals surface area contributed by atoms with E-state index in [-0.39, 0.29) is 0 Å². The Morgan fingerprint density at radius 2 is 2.06 bits per heavy atom. The number of nitrogens with one attached hydrogen (secondary N) is 1. The van der Waals surface area contributed by atoms with Crippen LogP contribution in [-0.2, 0) is 4.79 Å². The molecule has 1 aliphatic heterocycles. The summed E-state index contributed by atoms with van der Waals surface area (Å²) in [6.07, 6.45) is 6.56. The minimum absolute atomic E-state index is 0.429. The first kappa shape index (κ1) is 21.7. The SMILES string of the molecule is COc1cc(C#N)ccc1[C@@H]1C(C(N)=O)=C(C)Nc2c(C)cnc(OCC3CCCC3)c21. The lowest BCUT2D eigenvalue weighted by atomic mass is 9.79. The van der Waals surface area contributed by atoms with Crippen LogP contribution in [0.4, 0.5) is 5.69 Å². The number of primary amides is 1. The van der Waals surface area contributed by atoms with Crippen LogP contribution < -0.4 is 20.5 Å². The number of fused-ring (bicyclic) bond motifs is 1. The largest absolute Gasteiger partial charge is 0.496 e. The lowest BCUT2D eigenvalue weighted by molar-refractivity contribution is -0.114. The van der Waals surface area contributed by atoms with Crippen molar-refractivity contribution in [3.63, 3.8) is 0 Å². The number of anilines is 1. The standard InChI is InChI=1S/C25H28N4O3/c1-14-12-28-25(32-13-16-6-4-5-7-16)22-21(20(24(27)30)15(2)29-23(14)22)18-9-8-17(11-26)10-19(18)31-3/h8-10,12,16,21,29H,4-7,13H2,1-3H3,(H2,27,30)/t21-/m1/s1. The summed E-state index contributed by atoms with van der Waals surface area (Å²) in [6, 6.07) is 7.34. The summed E-state index contributed by atoms with van der Waals surface area (Å²) in [6.45, 7) is 4.40. The maximum Gasteiger partial charge on any atom is 0.247 e. The molecule has 1 amide bonds. The fourth-order valence-electron chi connectivity index (χ4n) is 4.80. The molecule has 1 aromatic carbocycles. The first-order valence-corrected chi connectivity index (χ1v) is 10.9. The van der Waals surface area contributed by atoms with Crippen molar-refractivity contribution >= 4 is 11.6 Å². The Balaban J connectivity index is 1.89. The Hall–Kier alpha value is -3.53. The third-order valence-corrected chi connectivity index (χ3v) is 6.43. The van der Waals surface area contributed by atoms with Gasteiger partial charge in [-0.1, -0.05) is 18.9 Å². The number of rotatable bonds is 6. The maximum atomic E-state index is 12.6. The second-order valence-corrected chi connectivity index (χ2v) is 8.53. The van der Waals surface area contributed by atoms with Crippen LogP contribution in [0.5, 0.6) is 11.6 Å². The molecule has 1 fully saturated rings. The van der Waals surface area contributed by atoms with Gasteiger partial charge in [0.2, 0.25) is 11.8 Å². The van der Waals surface area contributed by atoms with Crippen LogP contribution in [-0.4, -0.2) is 24.6 Å². The number of hydrogen-bond donors (Lipinski definition) is 2. The van der Waals surface area contributed by atoms with E-state index in [1.165, 1.54) is 12.8 Å². The topological polar surface area (TPSA) is 110 Å². The van der Waals surface area contributed by atoms with Gasteiger partial charge >= 0.3 is 0 Å². The molecule has 2 heterocycles. The van der Waals surface area contributed by atoms with E-state index >= 15 is 0 Å². The molecule has 2 aromatic rings. The molecule has 4 rings (SSSR count). The Morgan fingerprint density at radius 1 is 1.31 bits per heavy atom. The second-order valence-electron chi connectivity index (χ2n) is 8.53. The highest BCUT2D eigenvalue weighted by Crippen LogP contribution is 2.49. The van der Waals surface area contributed by atoms with Crippen LogP contribution in [0.3, 0.4) is 0 Å². The Bertz CT molecular complexity index is 1130. The monoisotopic (exact) mass is 432 g/mol. The summed E-state index contributed by atoms with van der Waals surface area (Å²) >= 11 is 0. The third kappa shape index (κ3) is 3.89. The molecule has 0 spiro atoms. The molecule has 1 atom stereocenters. The van der Waals surface area contributed by atoms with Gasteiger partial charge in [0.15, 0.2) is 0 Å². The van der Waals surface area contributed by atoms with Gasteiger partial charge in [0.25, 0.3) is 0 Å². The van der Waals surface area contributed by atoms with Gasteiger partial charge in [-0.15, -0.1) is 0 Å². The number of ether oxygens (including phenoxy) is 2. The number of hydrogen-bond acceptors (Lipinski definition) is 6. The van der Waals surface area contributed by atoms with Crippen LogP contribution in [0.2, 0.25) is 0 Å². The number of nitrogens with two attached hydrogens (primary N) is 1. The molecule has 7 heteroatoms. The third-order valence-electron chi connectivity index (χ3n) is 6.43. The number of aromatic nitrogens is 1. The van der Waals surface area contributed by atoms with E-state index in [1.54, 1.807) is 25.4 Å². The van der Waals surface area contributed by atoms with Gasteiger partial charge in [0, 0.05) is 23.0 Å². The number of carbonyl (C=O) groups excluding carboxylic acids is 1. The average molecular weight is 433 g/mol. The highest BCUT2D eigenvalue weighted by atomic mass is 16.5. The first-order valence-electron chi connectivity index (χ1n) is 10.9. The molecule has 1 aromatic heterocycles. The van der Waals surface area contributed by atoms with Crippen molar-refractivity contribution in [1.29, 1.82) is 5.26 Å².